The molecule has 0 unspecified atom stereocenters. The van der Waals surface area contributed by atoms with E-state index in [1.165, 1.54) is 6.07 Å². The van der Waals surface area contributed by atoms with Crippen molar-refractivity contribution in [2.75, 3.05) is 7.11 Å². The number of aliphatic hydroxyl groups is 1. The third-order valence-corrected chi connectivity index (χ3v) is 4.05. The molecule has 1 aromatic rings. The summed E-state index contributed by atoms with van der Waals surface area (Å²) in [7, 11) is 1.55. The van der Waals surface area contributed by atoms with Crippen molar-refractivity contribution in [1.82, 2.24) is 0 Å². The van der Waals surface area contributed by atoms with Gasteiger partial charge in [0.15, 0.2) is 0 Å². The first-order valence-corrected chi connectivity index (χ1v) is 8.23. The Labute approximate surface area is 147 Å². The van der Waals surface area contributed by atoms with Crippen LogP contribution in [0.2, 0.25) is 0 Å². The molecule has 0 saturated carbocycles. The zero-order valence-electron chi connectivity index (χ0n) is 14.4. The zero-order valence-corrected chi connectivity index (χ0v) is 14.4. The Balaban J connectivity index is 2.36. The number of hydrogen-bond acceptors (Lipinski definition) is 6. The number of aliphatic hydroxyl groups excluding tert-OH is 1. The Hall–Kier alpha value is -2.31. The molecule has 0 aromatic heterocycles. The van der Waals surface area contributed by atoms with Crippen LogP contribution in [-0.2, 0) is 9.47 Å². The minimum absolute atomic E-state index is 0.0188. The first-order chi connectivity index (χ1) is 11.9. The van der Waals surface area contributed by atoms with Crippen molar-refractivity contribution in [3.8, 4) is 11.5 Å². The summed E-state index contributed by atoms with van der Waals surface area (Å²) in [5.74, 6) is -1.13. The summed E-state index contributed by atoms with van der Waals surface area (Å²) in [4.78, 5) is 12.4. The van der Waals surface area contributed by atoms with Crippen molar-refractivity contribution >= 4 is 12.0 Å². The normalized spacial score (nSPS) is 27.6. The van der Waals surface area contributed by atoms with Gasteiger partial charge in [-0.05, 0) is 31.4 Å². The summed E-state index contributed by atoms with van der Waals surface area (Å²) < 4.78 is 10.7. The molecule has 1 aliphatic heterocycles. The molecule has 6 heteroatoms. The highest BCUT2D eigenvalue weighted by Gasteiger charge is 2.21. The number of allylic oxidation sites excluding steroid dienone is 1. The summed E-state index contributed by atoms with van der Waals surface area (Å²) in [6.45, 7) is 1.72. The summed E-state index contributed by atoms with van der Waals surface area (Å²) in [6, 6.07) is 2.50. The molecule has 1 aliphatic rings. The molecule has 25 heavy (non-hydrogen) atoms. The topological polar surface area (TPSA) is 96.2 Å². The van der Waals surface area contributed by atoms with Gasteiger partial charge >= 0.3 is 5.97 Å². The van der Waals surface area contributed by atoms with E-state index < -0.39 is 18.2 Å². The van der Waals surface area contributed by atoms with Gasteiger partial charge in [-0.2, -0.15) is 0 Å². The van der Waals surface area contributed by atoms with Crippen LogP contribution in [0.3, 0.4) is 0 Å². The van der Waals surface area contributed by atoms with Crippen molar-refractivity contribution in [3.05, 3.63) is 41.5 Å². The summed E-state index contributed by atoms with van der Waals surface area (Å²) >= 11 is 0. The molecule has 6 nitrogen and oxygen atoms in total. The minimum Gasteiger partial charge on any atom is -0.508 e. The van der Waals surface area contributed by atoms with Gasteiger partial charge in [0.25, 0.3) is 0 Å². The third kappa shape index (κ3) is 5.08. The van der Waals surface area contributed by atoms with Gasteiger partial charge in [-0.3, -0.25) is 0 Å². The Morgan fingerprint density at radius 2 is 2.00 bits per heavy atom. The van der Waals surface area contributed by atoms with Crippen LogP contribution >= 0.6 is 0 Å². The molecule has 0 radical (unpaired) electrons. The van der Waals surface area contributed by atoms with Gasteiger partial charge in [0.2, 0.25) is 0 Å². The van der Waals surface area contributed by atoms with E-state index in [0.717, 1.165) is 6.07 Å². The lowest BCUT2D eigenvalue weighted by atomic mass is 10.0. The van der Waals surface area contributed by atoms with Crippen molar-refractivity contribution in [3.63, 3.8) is 0 Å². The van der Waals surface area contributed by atoms with Gasteiger partial charge in [-0.1, -0.05) is 24.3 Å². The fourth-order valence-electron chi connectivity index (χ4n) is 2.71. The number of fused-ring (bicyclic) bond motifs is 1. The van der Waals surface area contributed by atoms with E-state index in [-0.39, 0.29) is 23.2 Å². The summed E-state index contributed by atoms with van der Waals surface area (Å²) in [6.07, 6.45) is 6.87. The van der Waals surface area contributed by atoms with Crippen LogP contribution in [0, 0.1) is 0 Å². The van der Waals surface area contributed by atoms with Crippen molar-refractivity contribution in [2.24, 2.45) is 0 Å². The summed E-state index contributed by atoms with van der Waals surface area (Å²) in [5.41, 5.74) is 0.391. The number of cyclic esters (lactones) is 1. The highest BCUT2D eigenvalue weighted by atomic mass is 16.5. The molecule has 3 atom stereocenters. The van der Waals surface area contributed by atoms with E-state index in [2.05, 4.69) is 0 Å². The highest BCUT2D eigenvalue weighted by molar-refractivity contribution is 5.97. The molecule has 0 saturated heterocycles. The van der Waals surface area contributed by atoms with Crippen LogP contribution in [0.1, 0.15) is 42.1 Å². The number of phenols is 2. The standard InChI is InChI=1S/C19H24O6/c1-12-6-5-8-15(21)17(24-2)9-4-3-7-13-10-14(20)11-16(22)18(13)19(23)25-12/h3,5,7-8,10-12,15,17,20-22H,4,6,9H2,1-2H3/b7-3+,8-5+/t12-,15+,17-/m0/s1. The molecular formula is C19H24O6. The second kappa shape index (κ2) is 8.69. The predicted molar refractivity (Wildman–Crippen MR) is 93.5 cm³/mol. The number of carbonyl (C=O) groups excluding carboxylic acids is 1. The van der Waals surface area contributed by atoms with E-state index in [9.17, 15) is 20.1 Å². The quantitative estimate of drug-likeness (QED) is 0.533. The molecule has 136 valence electrons. The van der Waals surface area contributed by atoms with Crippen LogP contribution in [0.4, 0.5) is 0 Å². The first-order valence-electron chi connectivity index (χ1n) is 8.23. The van der Waals surface area contributed by atoms with Crippen LogP contribution in [0.25, 0.3) is 6.08 Å². The molecule has 3 N–H and O–H groups in total. The van der Waals surface area contributed by atoms with E-state index in [0.29, 0.717) is 24.8 Å². The first kappa shape index (κ1) is 19.0. The lowest BCUT2D eigenvalue weighted by Gasteiger charge is -2.19. The number of hydrogen-bond donors (Lipinski definition) is 3. The van der Waals surface area contributed by atoms with Gasteiger partial charge in [0.05, 0.1) is 12.2 Å². The van der Waals surface area contributed by atoms with Crippen LogP contribution < -0.4 is 0 Å². The Morgan fingerprint density at radius 1 is 1.24 bits per heavy atom. The molecule has 0 fully saturated rings. The maximum Gasteiger partial charge on any atom is 0.342 e. The average Bonchev–Trinajstić information content (AvgIpc) is 2.53. The maximum absolute atomic E-state index is 12.4. The molecule has 1 aromatic carbocycles. The number of phenolic OH excluding ortho intramolecular Hbond substituents is 2. The zero-order chi connectivity index (χ0) is 18.4. The Morgan fingerprint density at radius 3 is 2.72 bits per heavy atom. The number of aromatic hydroxyl groups is 2. The molecule has 2 rings (SSSR count). The fourth-order valence-corrected chi connectivity index (χ4v) is 2.71. The van der Waals surface area contributed by atoms with Crippen LogP contribution in [0.5, 0.6) is 11.5 Å². The van der Waals surface area contributed by atoms with E-state index >= 15 is 0 Å². The Kier molecular flexibility index (Phi) is 6.61. The number of benzene rings is 1. The van der Waals surface area contributed by atoms with Gasteiger partial charge in [-0.15, -0.1) is 0 Å². The molecule has 0 aliphatic carbocycles. The second-order valence-corrected chi connectivity index (χ2v) is 6.05. The maximum atomic E-state index is 12.4. The van der Waals surface area contributed by atoms with Gasteiger partial charge < -0.3 is 24.8 Å². The monoisotopic (exact) mass is 348 g/mol. The highest BCUT2D eigenvalue weighted by Crippen LogP contribution is 2.29. The molecule has 0 bridgehead atoms. The third-order valence-electron chi connectivity index (χ3n) is 4.05. The molecule has 0 spiro atoms. The number of ether oxygens (including phenoxy) is 2. The van der Waals surface area contributed by atoms with Gasteiger partial charge in [0, 0.05) is 19.6 Å². The van der Waals surface area contributed by atoms with Gasteiger partial charge in [-0.25, -0.2) is 4.79 Å². The smallest absolute Gasteiger partial charge is 0.342 e. The van der Waals surface area contributed by atoms with Crippen molar-refractivity contribution in [2.45, 2.75) is 44.5 Å². The van der Waals surface area contributed by atoms with E-state index in [1.807, 2.05) is 0 Å². The predicted octanol–water partition coefficient (Wildman–Crippen LogP) is 2.77. The lowest BCUT2D eigenvalue weighted by molar-refractivity contribution is 0.00755. The van der Waals surface area contributed by atoms with E-state index in [4.69, 9.17) is 9.47 Å². The molecule has 0 amide bonds. The van der Waals surface area contributed by atoms with Crippen molar-refractivity contribution in [1.29, 1.82) is 0 Å². The van der Waals surface area contributed by atoms with Crippen molar-refractivity contribution < 1.29 is 29.6 Å². The van der Waals surface area contributed by atoms with Crippen LogP contribution in [0.15, 0.2) is 30.4 Å². The largest absolute Gasteiger partial charge is 0.508 e. The number of esters is 1. The Bertz CT molecular complexity index is 664. The fraction of sp³-hybridized carbons (Fsp3) is 0.421. The minimum atomic E-state index is -0.746. The average molecular weight is 348 g/mol. The molecular weight excluding hydrogens is 324 g/mol. The second-order valence-electron chi connectivity index (χ2n) is 6.05. The number of rotatable bonds is 1. The van der Waals surface area contributed by atoms with E-state index in [1.54, 1.807) is 38.3 Å². The number of carbonyl (C=O) groups is 1. The number of methoxy groups -OCH3 is 1. The van der Waals surface area contributed by atoms with Crippen LogP contribution in [-0.4, -0.2) is 46.7 Å². The summed E-state index contributed by atoms with van der Waals surface area (Å²) in [5, 5.41) is 29.9. The molecule has 1 heterocycles. The SMILES string of the molecule is CO[C@H]1CC/C=C/c2cc(O)cc(O)c2C(=O)O[C@@H](C)C/C=C/[C@H]1O. The lowest BCUT2D eigenvalue weighted by Crippen LogP contribution is -2.26. The van der Waals surface area contributed by atoms with Gasteiger partial charge in [0.1, 0.15) is 23.2 Å².